The highest BCUT2D eigenvalue weighted by Gasteiger charge is 2.35. The summed E-state index contributed by atoms with van der Waals surface area (Å²) < 4.78 is 1.87. The van der Waals surface area contributed by atoms with Crippen LogP contribution < -0.4 is 5.32 Å². The van der Waals surface area contributed by atoms with Crippen LogP contribution in [0, 0.1) is 12.3 Å². The van der Waals surface area contributed by atoms with E-state index in [0.717, 1.165) is 24.2 Å². The zero-order valence-corrected chi connectivity index (χ0v) is 14.6. The molecule has 0 fully saturated rings. The van der Waals surface area contributed by atoms with Gasteiger partial charge < -0.3 is 14.9 Å². The van der Waals surface area contributed by atoms with Crippen LogP contribution in [-0.2, 0) is 19.5 Å². The molecule has 128 valence electrons. The van der Waals surface area contributed by atoms with Gasteiger partial charge in [-0.05, 0) is 31.2 Å². The third-order valence-electron chi connectivity index (χ3n) is 4.57. The Hall–Kier alpha value is -2.44. The highest BCUT2D eigenvalue weighted by atomic mass is 16.2. The monoisotopic (exact) mass is 329 g/mol. The molecular weight excluding hydrogens is 306 g/mol. The molecule has 1 amide bonds. The zero-order chi connectivity index (χ0) is 17.5. The van der Waals surface area contributed by atoms with Crippen LogP contribution >= 0.6 is 0 Å². The maximum atomic E-state index is 12.5. The van der Waals surface area contributed by atoms with Gasteiger partial charge in [-0.1, -0.05) is 13.8 Å². The molecule has 1 aliphatic carbocycles. The van der Waals surface area contributed by atoms with Gasteiger partial charge >= 0.3 is 0 Å². The number of carbonyl (C=O) groups excluding carboxylic acids is 2. The maximum absolute atomic E-state index is 12.5. The number of nitrogens with zero attached hydrogens (tertiary/aromatic N) is 3. The molecule has 0 radical (unpaired) electrons. The number of aromatic nitrogens is 4. The lowest BCUT2D eigenvalue weighted by Crippen LogP contribution is -2.26. The van der Waals surface area contributed by atoms with Gasteiger partial charge in [0.15, 0.2) is 11.6 Å². The number of rotatable bonds is 4. The molecule has 2 heterocycles. The number of carbonyl (C=O) groups is 2. The van der Waals surface area contributed by atoms with Crippen molar-refractivity contribution in [3.63, 3.8) is 0 Å². The Morgan fingerprint density at radius 3 is 2.88 bits per heavy atom. The summed E-state index contributed by atoms with van der Waals surface area (Å²) >= 11 is 0. The number of aryl methyl sites for hydroxylation is 1. The number of hydrogen-bond donors (Lipinski definition) is 2. The Kier molecular flexibility index (Phi) is 4.03. The van der Waals surface area contributed by atoms with E-state index in [0.29, 0.717) is 30.0 Å². The summed E-state index contributed by atoms with van der Waals surface area (Å²) in [5.74, 6) is 0.593. The van der Waals surface area contributed by atoms with E-state index in [4.69, 9.17) is 0 Å². The summed E-state index contributed by atoms with van der Waals surface area (Å²) in [6.45, 7) is 9.01. The molecule has 0 saturated carbocycles. The molecule has 0 unspecified atom stereocenters. The SMILES string of the molecule is CCn1cnnc1CNC(=O)c1[nH]c2c(c1C)C(=O)CC(C)(C)C2. The van der Waals surface area contributed by atoms with Crippen molar-refractivity contribution in [1.29, 1.82) is 0 Å². The third-order valence-corrected chi connectivity index (χ3v) is 4.57. The smallest absolute Gasteiger partial charge is 0.268 e. The van der Waals surface area contributed by atoms with E-state index < -0.39 is 0 Å². The van der Waals surface area contributed by atoms with Crippen molar-refractivity contribution in [2.45, 2.75) is 53.6 Å². The first-order valence-corrected chi connectivity index (χ1v) is 8.22. The Morgan fingerprint density at radius 2 is 2.17 bits per heavy atom. The first kappa shape index (κ1) is 16.4. The number of fused-ring (bicyclic) bond motifs is 1. The molecule has 2 N–H and O–H groups in total. The van der Waals surface area contributed by atoms with E-state index in [-0.39, 0.29) is 17.1 Å². The van der Waals surface area contributed by atoms with E-state index in [2.05, 4.69) is 34.3 Å². The van der Waals surface area contributed by atoms with Crippen LogP contribution in [0.25, 0.3) is 0 Å². The standard InChI is InChI=1S/C17H23N5O2/c1-5-22-9-19-21-13(22)8-18-16(24)15-10(2)14-11(20-15)6-17(3,4)7-12(14)23/h9,20H,5-8H2,1-4H3,(H,18,24). The summed E-state index contributed by atoms with van der Waals surface area (Å²) in [5, 5.41) is 10.7. The van der Waals surface area contributed by atoms with Crippen LogP contribution in [0.5, 0.6) is 0 Å². The molecule has 2 aromatic heterocycles. The summed E-state index contributed by atoms with van der Waals surface area (Å²) in [7, 11) is 0. The van der Waals surface area contributed by atoms with Gasteiger partial charge in [-0.3, -0.25) is 9.59 Å². The van der Waals surface area contributed by atoms with Crippen molar-refractivity contribution in [3.8, 4) is 0 Å². The Balaban J connectivity index is 1.80. The second kappa shape index (κ2) is 5.89. The van der Waals surface area contributed by atoms with Crippen molar-refractivity contribution in [2.75, 3.05) is 0 Å². The Bertz CT molecular complexity index is 800. The van der Waals surface area contributed by atoms with Gasteiger partial charge in [0.25, 0.3) is 5.91 Å². The lowest BCUT2D eigenvalue weighted by molar-refractivity contribution is 0.0909. The molecular formula is C17H23N5O2. The van der Waals surface area contributed by atoms with Crippen LogP contribution in [0.3, 0.4) is 0 Å². The second-order valence-electron chi connectivity index (χ2n) is 7.14. The van der Waals surface area contributed by atoms with Crippen molar-refractivity contribution < 1.29 is 9.59 Å². The fourth-order valence-electron chi connectivity index (χ4n) is 3.39. The molecule has 0 spiro atoms. The van der Waals surface area contributed by atoms with Gasteiger partial charge in [-0.2, -0.15) is 0 Å². The van der Waals surface area contributed by atoms with E-state index >= 15 is 0 Å². The number of aromatic amines is 1. The summed E-state index contributed by atoms with van der Waals surface area (Å²) in [6, 6.07) is 0. The highest BCUT2D eigenvalue weighted by molar-refractivity contribution is 6.04. The number of ketones is 1. The summed E-state index contributed by atoms with van der Waals surface area (Å²) in [5.41, 5.74) is 2.69. The molecule has 0 atom stereocenters. The average Bonchev–Trinajstić information content (AvgIpc) is 3.07. The predicted octanol–water partition coefficient (Wildman–Crippen LogP) is 2.02. The number of hydrogen-bond acceptors (Lipinski definition) is 4. The van der Waals surface area contributed by atoms with Crippen molar-refractivity contribution in [2.24, 2.45) is 5.41 Å². The summed E-state index contributed by atoms with van der Waals surface area (Å²) in [6.07, 6.45) is 2.92. The summed E-state index contributed by atoms with van der Waals surface area (Å²) in [4.78, 5) is 28.1. The molecule has 2 aromatic rings. The average molecular weight is 329 g/mol. The first-order chi connectivity index (χ1) is 11.3. The lowest BCUT2D eigenvalue weighted by atomic mass is 9.75. The van der Waals surface area contributed by atoms with Gasteiger partial charge in [0, 0.05) is 24.2 Å². The second-order valence-corrected chi connectivity index (χ2v) is 7.14. The van der Waals surface area contributed by atoms with Crippen LogP contribution in [0.1, 0.15) is 65.1 Å². The third kappa shape index (κ3) is 2.86. The minimum absolute atomic E-state index is 0.0767. The molecule has 0 aliphatic heterocycles. The predicted molar refractivity (Wildman–Crippen MR) is 88.8 cm³/mol. The minimum Gasteiger partial charge on any atom is -0.354 e. The van der Waals surface area contributed by atoms with E-state index in [1.807, 2.05) is 18.4 Å². The van der Waals surface area contributed by atoms with Crippen LogP contribution in [-0.4, -0.2) is 31.4 Å². The number of Topliss-reactive ketones (excluding diaryl/α,β-unsaturated/α-hetero) is 1. The van der Waals surface area contributed by atoms with Crippen molar-refractivity contribution in [1.82, 2.24) is 25.1 Å². The van der Waals surface area contributed by atoms with Crippen LogP contribution in [0.2, 0.25) is 0 Å². The first-order valence-electron chi connectivity index (χ1n) is 8.22. The van der Waals surface area contributed by atoms with E-state index in [1.54, 1.807) is 6.33 Å². The molecule has 3 rings (SSSR count). The molecule has 7 nitrogen and oxygen atoms in total. The van der Waals surface area contributed by atoms with Crippen LogP contribution in [0.15, 0.2) is 6.33 Å². The fourth-order valence-corrected chi connectivity index (χ4v) is 3.39. The van der Waals surface area contributed by atoms with Gasteiger partial charge in [0.1, 0.15) is 12.0 Å². The number of nitrogens with one attached hydrogen (secondary N) is 2. The van der Waals surface area contributed by atoms with Crippen molar-refractivity contribution in [3.05, 3.63) is 34.7 Å². The van der Waals surface area contributed by atoms with Gasteiger partial charge in [0.05, 0.1) is 6.54 Å². The fraction of sp³-hybridized carbons (Fsp3) is 0.529. The number of H-pyrrole nitrogens is 1. The lowest BCUT2D eigenvalue weighted by Gasteiger charge is -2.28. The Labute approximate surface area is 140 Å². The Morgan fingerprint density at radius 1 is 1.42 bits per heavy atom. The molecule has 1 aliphatic rings. The molecule has 0 saturated heterocycles. The maximum Gasteiger partial charge on any atom is 0.268 e. The zero-order valence-electron chi connectivity index (χ0n) is 14.6. The normalized spacial score (nSPS) is 16.1. The number of amides is 1. The quantitative estimate of drug-likeness (QED) is 0.897. The molecule has 0 aromatic carbocycles. The van der Waals surface area contributed by atoms with E-state index in [9.17, 15) is 9.59 Å². The highest BCUT2D eigenvalue weighted by Crippen LogP contribution is 2.36. The molecule has 7 heteroatoms. The van der Waals surface area contributed by atoms with Gasteiger partial charge in [-0.15, -0.1) is 10.2 Å². The van der Waals surface area contributed by atoms with Crippen molar-refractivity contribution >= 4 is 11.7 Å². The van der Waals surface area contributed by atoms with E-state index in [1.165, 1.54) is 0 Å². The largest absolute Gasteiger partial charge is 0.354 e. The molecule has 24 heavy (non-hydrogen) atoms. The van der Waals surface area contributed by atoms with Crippen LogP contribution in [0.4, 0.5) is 0 Å². The minimum atomic E-state index is -0.224. The topological polar surface area (TPSA) is 92.7 Å². The van der Waals surface area contributed by atoms with Gasteiger partial charge in [-0.25, -0.2) is 0 Å². The van der Waals surface area contributed by atoms with Gasteiger partial charge in [0.2, 0.25) is 0 Å². The molecule has 0 bridgehead atoms.